The molecule has 0 aromatic carbocycles. The second kappa shape index (κ2) is 8.14. The summed E-state index contributed by atoms with van der Waals surface area (Å²) < 4.78 is 32.2. The van der Waals surface area contributed by atoms with Crippen LogP contribution in [0.25, 0.3) is 0 Å². The van der Waals surface area contributed by atoms with Crippen LogP contribution >= 0.6 is 0 Å². The van der Waals surface area contributed by atoms with Crippen molar-refractivity contribution in [3.63, 3.8) is 0 Å². The van der Waals surface area contributed by atoms with E-state index < -0.39 is 22.0 Å². The first-order valence-corrected chi connectivity index (χ1v) is 10.1. The molecule has 0 aliphatic carbocycles. The number of carbonyl (C=O) groups excluding carboxylic acids is 2. The molecule has 1 aliphatic rings. The van der Waals surface area contributed by atoms with E-state index in [9.17, 15) is 18.0 Å². The molecule has 2 rings (SSSR count). The summed E-state index contributed by atoms with van der Waals surface area (Å²) in [5.74, 6) is -0.565. The number of aryl methyl sites for hydroxylation is 1. The van der Waals surface area contributed by atoms with Gasteiger partial charge in [0.1, 0.15) is 16.7 Å². The van der Waals surface area contributed by atoms with Gasteiger partial charge in [-0.15, -0.1) is 0 Å². The van der Waals surface area contributed by atoms with Crippen molar-refractivity contribution in [2.45, 2.75) is 57.4 Å². The quantitative estimate of drug-likeness (QED) is 0.821. The first-order chi connectivity index (χ1) is 11.8. The predicted molar refractivity (Wildman–Crippen MR) is 92.4 cm³/mol. The summed E-state index contributed by atoms with van der Waals surface area (Å²) in [6.45, 7) is 6.05. The second-order valence-corrected chi connectivity index (χ2v) is 8.34. The molecule has 2 heterocycles. The highest BCUT2D eigenvalue weighted by molar-refractivity contribution is 7.89. The number of nitrogens with one attached hydrogen (secondary N) is 1. The molecule has 25 heavy (non-hydrogen) atoms. The molecule has 7 nitrogen and oxygen atoms in total. The van der Waals surface area contributed by atoms with Crippen molar-refractivity contribution in [3.8, 4) is 0 Å². The molecule has 2 atom stereocenters. The lowest BCUT2D eigenvalue weighted by atomic mass is 10.0. The van der Waals surface area contributed by atoms with Gasteiger partial charge in [0, 0.05) is 6.42 Å². The molecule has 0 bridgehead atoms. The first kappa shape index (κ1) is 19.7. The van der Waals surface area contributed by atoms with Crippen LogP contribution in [0, 0.1) is 12.8 Å². The van der Waals surface area contributed by atoms with Gasteiger partial charge in [-0.3, -0.25) is 9.59 Å². The van der Waals surface area contributed by atoms with E-state index in [1.807, 2.05) is 13.8 Å². The minimum atomic E-state index is -4.15. The second-order valence-electron chi connectivity index (χ2n) is 6.55. The van der Waals surface area contributed by atoms with Crippen LogP contribution < -0.4 is 5.32 Å². The van der Waals surface area contributed by atoms with Crippen molar-refractivity contribution in [2.24, 2.45) is 5.92 Å². The third kappa shape index (κ3) is 4.30. The molecule has 0 spiro atoms. The molecule has 1 unspecified atom stereocenters. The summed E-state index contributed by atoms with van der Waals surface area (Å²) in [5.41, 5.74) is 0. The van der Waals surface area contributed by atoms with Gasteiger partial charge in [-0.2, -0.15) is 0 Å². The zero-order chi connectivity index (χ0) is 18.6. The van der Waals surface area contributed by atoms with E-state index in [4.69, 9.17) is 4.42 Å². The normalized spacial score (nSPS) is 20.1. The Morgan fingerprint density at radius 3 is 2.80 bits per heavy atom. The Balaban J connectivity index is 2.46. The molecule has 0 saturated carbocycles. The van der Waals surface area contributed by atoms with Crippen molar-refractivity contribution in [1.29, 1.82) is 0 Å². The Bertz CT molecular complexity index is 725. The highest BCUT2D eigenvalue weighted by atomic mass is 32.2. The van der Waals surface area contributed by atoms with E-state index in [-0.39, 0.29) is 35.3 Å². The fourth-order valence-electron chi connectivity index (χ4n) is 2.91. The van der Waals surface area contributed by atoms with Gasteiger partial charge < -0.3 is 9.73 Å². The van der Waals surface area contributed by atoms with E-state index in [1.165, 1.54) is 19.3 Å². The van der Waals surface area contributed by atoms with Crippen LogP contribution in [0.4, 0.5) is 0 Å². The Labute approximate surface area is 148 Å². The smallest absolute Gasteiger partial charge is 0.270 e. The standard InChI is InChI=1S/C17H26N2O5S/c1-4-12(2)10-17(21)19(14-6-5-8-18-11-15(14)20)25(22,23)16-7-9-24-13(16)3/h7,9,12,14,18H,4-6,8,10-11H2,1-3H3/t12-,14?/m0/s1. The minimum Gasteiger partial charge on any atom is -0.468 e. The monoisotopic (exact) mass is 370 g/mol. The zero-order valence-corrected chi connectivity index (χ0v) is 15.8. The molecule has 1 amide bonds. The third-order valence-electron chi connectivity index (χ3n) is 4.60. The summed E-state index contributed by atoms with van der Waals surface area (Å²) in [6.07, 6.45) is 3.07. The molecule has 1 aromatic heterocycles. The Kier molecular flexibility index (Phi) is 6.40. The number of rotatable bonds is 6. The average molecular weight is 370 g/mol. The molecule has 1 aliphatic heterocycles. The maximum Gasteiger partial charge on any atom is 0.270 e. The van der Waals surface area contributed by atoms with Gasteiger partial charge in [-0.25, -0.2) is 12.7 Å². The molecule has 1 fully saturated rings. The molecule has 8 heteroatoms. The Hall–Kier alpha value is -1.67. The lowest BCUT2D eigenvalue weighted by molar-refractivity contribution is -0.134. The van der Waals surface area contributed by atoms with E-state index in [0.29, 0.717) is 19.4 Å². The average Bonchev–Trinajstić information content (AvgIpc) is 2.89. The highest BCUT2D eigenvalue weighted by Crippen LogP contribution is 2.27. The Morgan fingerprint density at radius 1 is 1.48 bits per heavy atom. The lowest BCUT2D eigenvalue weighted by Gasteiger charge is -2.30. The van der Waals surface area contributed by atoms with Crippen molar-refractivity contribution < 1.29 is 22.4 Å². The predicted octanol–water partition coefficient (Wildman–Crippen LogP) is 1.86. The summed E-state index contributed by atoms with van der Waals surface area (Å²) in [7, 11) is -4.15. The number of Topliss-reactive ketones (excluding diaryl/α,β-unsaturated/α-hetero) is 1. The van der Waals surface area contributed by atoms with Crippen LogP contribution in [0.1, 0.15) is 45.3 Å². The van der Waals surface area contributed by atoms with Crippen molar-refractivity contribution in [2.75, 3.05) is 13.1 Å². The number of furan rings is 1. The number of hydrogen-bond donors (Lipinski definition) is 1. The Morgan fingerprint density at radius 2 is 2.20 bits per heavy atom. The van der Waals surface area contributed by atoms with Gasteiger partial charge >= 0.3 is 0 Å². The lowest BCUT2D eigenvalue weighted by Crippen LogP contribution is -2.49. The van der Waals surface area contributed by atoms with Gasteiger partial charge in [0.15, 0.2) is 5.78 Å². The van der Waals surface area contributed by atoms with E-state index in [2.05, 4.69) is 5.32 Å². The van der Waals surface area contributed by atoms with E-state index >= 15 is 0 Å². The largest absolute Gasteiger partial charge is 0.468 e. The molecule has 0 radical (unpaired) electrons. The van der Waals surface area contributed by atoms with Crippen LogP contribution in [-0.2, 0) is 19.6 Å². The number of nitrogens with zero attached hydrogens (tertiary/aromatic N) is 1. The maximum atomic E-state index is 13.2. The summed E-state index contributed by atoms with van der Waals surface area (Å²) in [4.78, 5) is 25.3. The zero-order valence-electron chi connectivity index (χ0n) is 14.9. The molecule has 140 valence electrons. The van der Waals surface area contributed by atoms with Crippen molar-refractivity contribution >= 4 is 21.7 Å². The fraction of sp³-hybridized carbons (Fsp3) is 0.647. The number of hydrogen-bond acceptors (Lipinski definition) is 6. The number of ketones is 1. The molecule has 1 aromatic rings. The van der Waals surface area contributed by atoms with Gasteiger partial charge in [-0.1, -0.05) is 20.3 Å². The van der Waals surface area contributed by atoms with Gasteiger partial charge in [0.05, 0.1) is 12.8 Å². The summed E-state index contributed by atoms with van der Waals surface area (Å²) in [6, 6.07) is 0.360. The molecular weight excluding hydrogens is 344 g/mol. The maximum absolute atomic E-state index is 13.2. The highest BCUT2D eigenvalue weighted by Gasteiger charge is 2.40. The third-order valence-corrected chi connectivity index (χ3v) is 6.55. The number of amides is 1. The number of carbonyl (C=O) groups is 2. The van der Waals surface area contributed by atoms with Crippen LogP contribution in [0.2, 0.25) is 0 Å². The molecular formula is C17H26N2O5S. The van der Waals surface area contributed by atoms with Crippen LogP contribution in [0.3, 0.4) is 0 Å². The topological polar surface area (TPSA) is 96.7 Å². The van der Waals surface area contributed by atoms with Crippen LogP contribution in [0.15, 0.2) is 21.6 Å². The SMILES string of the molecule is CC[C@H](C)CC(=O)N(C1CCCNCC1=O)S(=O)(=O)c1ccoc1C. The minimum absolute atomic E-state index is 0.0367. The van der Waals surface area contributed by atoms with Gasteiger partial charge in [0.2, 0.25) is 5.91 Å². The van der Waals surface area contributed by atoms with Gasteiger partial charge in [0.25, 0.3) is 10.0 Å². The molecule has 1 saturated heterocycles. The van der Waals surface area contributed by atoms with Crippen molar-refractivity contribution in [1.82, 2.24) is 9.62 Å². The van der Waals surface area contributed by atoms with Crippen LogP contribution in [-0.4, -0.2) is 43.5 Å². The molecule has 1 N–H and O–H groups in total. The van der Waals surface area contributed by atoms with E-state index in [1.54, 1.807) is 0 Å². The van der Waals surface area contributed by atoms with E-state index in [0.717, 1.165) is 10.7 Å². The van der Waals surface area contributed by atoms with Crippen molar-refractivity contribution in [3.05, 3.63) is 18.1 Å². The fourth-order valence-corrected chi connectivity index (χ4v) is 4.66. The van der Waals surface area contributed by atoms with Gasteiger partial charge in [-0.05, 0) is 38.3 Å². The summed E-state index contributed by atoms with van der Waals surface area (Å²) in [5, 5.41) is 2.97. The number of sulfonamides is 1. The first-order valence-electron chi connectivity index (χ1n) is 8.63. The van der Waals surface area contributed by atoms with Crippen LogP contribution in [0.5, 0.6) is 0 Å². The summed E-state index contributed by atoms with van der Waals surface area (Å²) >= 11 is 0.